The standard InChI is InChI=1S/C11H12ClN3O/c1-7(9-4-5-10(12)13-6-9)14-15-11(16)8-2-3-8/h4-6,8H,2-3H2,1H3,(H,15,16). The van der Waals surface area contributed by atoms with Crippen LogP contribution in [0.15, 0.2) is 23.4 Å². The molecule has 0 aromatic carbocycles. The van der Waals surface area contributed by atoms with Gasteiger partial charge in [0.25, 0.3) is 0 Å². The van der Waals surface area contributed by atoms with Gasteiger partial charge in [0.1, 0.15) is 5.15 Å². The van der Waals surface area contributed by atoms with Crippen LogP contribution in [-0.4, -0.2) is 16.6 Å². The Morgan fingerprint density at radius 2 is 2.31 bits per heavy atom. The van der Waals surface area contributed by atoms with E-state index >= 15 is 0 Å². The molecule has 1 aromatic rings. The first kappa shape index (κ1) is 11.1. The lowest BCUT2D eigenvalue weighted by Gasteiger charge is -2.01. The van der Waals surface area contributed by atoms with Gasteiger partial charge in [-0.2, -0.15) is 5.10 Å². The van der Waals surface area contributed by atoms with E-state index in [4.69, 9.17) is 11.6 Å². The quantitative estimate of drug-likeness (QED) is 0.497. The molecule has 4 nitrogen and oxygen atoms in total. The lowest BCUT2D eigenvalue weighted by molar-refractivity contribution is -0.122. The van der Waals surface area contributed by atoms with Crippen molar-refractivity contribution in [2.75, 3.05) is 0 Å². The van der Waals surface area contributed by atoms with E-state index in [0.717, 1.165) is 24.1 Å². The van der Waals surface area contributed by atoms with Crippen LogP contribution in [0.4, 0.5) is 0 Å². The highest BCUT2D eigenvalue weighted by molar-refractivity contribution is 6.29. The molecule has 2 rings (SSSR count). The van der Waals surface area contributed by atoms with Crippen LogP contribution in [-0.2, 0) is 4.79 Å². The topological polar surface area (TPSA) is 54.4 Å². The highest BCUT2D eigenvalue weighted by atomic mass is 35.5. The van der Waals surface area contributed by atoms with Gasteiger partial charge < -0.3 is 0 Å². The lowest BCUT2D eigenvalue weighted by atomic mass is 10.2. The van der Waals surface area contributed by atoms with Gasteiger partial charge in [-0.1, -0.05) is 11.6 Å². The van der Waals surface area contributed by atoms with Crippen molar-refractivity contribution >= 4 is 23.2 Å². The van der Waals surface area contributed by atoms with Crippen LogP contribution in [0.25, 0.3) is 0 Å². The number of carbonyl (C=O) groups is 1. The molecule has 16 heavy (non-hydrogen) atoms. The molecule has 0 aliphatic heterocycles. The van der Waals surface area contributed by atoms with E-state index in [0.29, 0.717) is 5.15 Å². The molecule has 1 N–H and O–H groups in total. The first-order valence-electron chi connectivity index (χ1n) is 5.13. The highest BCUT2D eigenvalue weighted by Crippen LogP contribution is 2.28. The molecule has 1 heterocycles. The molecule has 1 amide bonds. The minimum atomic E-state index is 0.00118. The van der Waals surface area contributed by atoms with Crippen molar-refractivity contribution in [1.29, 1.82) is 0 Å². The van der Waals surface area contributed by atoms with Crippen LogP contribution in [0, 0.1) is 5.92 Å². The van der Waals surface area contributed by atoms with Crippen molar-refractivity contribution in [3.05, 3.63) is 29.0 Å². The molecular formula is C11H12ClN3O. The smallest absolute Gasteiger partial charge is 0.243 e. The fourth-order valence-corrected chi connectivity index (χ4v) is 1.34. The number of hydrogen-bond acceptors (Lipinski definition) is 3. The van der Waals surface area contributed by atoms with Gasteiger partial charge in [-0.25, -0.2) is 10.4 Å². The van der Waals surface area contributed by atoms with Gasteiger partial charge in [-0.05, 0) is 31.9 Å². The summed E-state index contributed by atoms with van der Waals surface area (Å²) in [5.74, 6) is 0.168. The highest BCUT2D eigenvalue weighted by Gasteiger charge is 2.29. The molecular weight excluding hydrogens is 226 g/mol. The fourth-order valence-electron chi connectivity index (χ4n) is 1.23. The third kappa shape index (κ3) is 2.79. The number of pyridine rings is 1. The zero-order valence-corrected chi connectivity index (χ0v) is 9.66. The Kier molecular flexibility index (Phi) is 3.19. The van der Waals surface area contributed by atoms with E-state index in [9.17, 15) is 4.79 Å². The van der Waals surface area contributed by atoms with Crippen LogP contribution in [0.3, 0.4) is 0 Å². The second-order valence-electron chi connectivity index (χ2n) is 3.82. The first-order valence-corrected chi connectivity index (χ1v) is 5.50. The largest absolute Gasteiger partial charge is 0.273 e. The van der Waals surface area contributed by atoms with Crippen LogP contribution >= 0.6 is 11.6 Å². The SMILES string of the molecule is CC(=NNC(=O)C1CC1)c1ccc(Cl)nc1. The van der Waals surface area contributed by atoms with E-state index in [2.05, 4.69) is 15.5 Å². The van der Waals surface area contributed by atoms with Crippen LogP contribution in [0.2, 0.25) is 5.15 Å². The Hall–Kier alpha value is -1.42. The summed E-state index contributed by atoms with van der Waals surface area (Å²) >= 11 is 5.67. The molecule has 0 atom stereocenters. The summed E-state index contributed by atoms with van der Waals surface area (Å²) in [5, 5.41) is 4.46. The number of hydrazone groups is 1. The third-order valence-electron chi connectivity index (χ3n) is 2.43. The predicted octanol–water partition coefficient (Wildman–Crippen LogP) is 1.99. The lowest BCUT2D eigenvalue weighted by Crippen LogP contribution is -2.20. The molecule has 0 unspecified atom stereocenters. The average Bonchev–Trinajstić information content (AvgIpc) is 3.10. The number of aromatic nitrogens is 1. The minimum absolute atomic E-state index is 0.00118. The number of nitrogens with one attached hydrogen (secondary N) is 1. The van der Waals surface area contributed by atoms with E-state index in [-0.39, 0.29) is 11.8 Å². The van der Waals surface area contributed by atoms with E-state index in [1.165, 1.54) is 0 Å². The summed E-state index contributed by atoms with van der Waals surface area (Å²) in [6.07, 6.45) is 3.58. The van der Waals surface area contributed by atoms with E-state index in [1.807, 2.05) is 13.0 Å². The van der Waals surface area contributed by atoms with E-state index in [1.54, 1.807) is 12.3 Å². The summed E-state index contributed by atoms with van der Waals surface area (Å²) in [4.78, 5) is 15.3. The van der Waals surface area contributed by atoms with Gasteiger partial charge in [0, 0.05) is 17.7 Å². The van der Waals surface area contributed by atoms with Gasteiger partial charge >= 0.3 is 0 Å². The first-order chi connectivity index (χ1) is 7.66. The molecule has 0 bridgehead atoms. The summed E-state index contributed by atoms with van der Waals surface area (Å²) < 4.78 is 0. The molecule has 0 saturated heterocycles. The number of carbonyl (C=O) groups excluding carboxylic acids is 1. The van der Waals surface area contributed by atoms with Crippen molar-refractivity contribution in [3.63, 3.8) is 0 Å². The molecule has 1 aromatic heterocycles. The number of rotatable bonds is 3. The van der Waals surface area contributed by atoms with Gasteiger partial charge in [0.05, 0.1) is 5.71 Å². The predicted molar refractivity (Wildman–Crippen MR) is 62.3 cm³/mol. The maximum Gasteiger partial charge on any atom is 0.243 e. The summed E-state index contributed by atoms with van der Waals surface area (Å²) in [6, 6.07) is 3.51. The maximum atomic E-state index is 11.3. The normalized spacial score (nSPS) is 16.0. The minimum Gasteiger partial charge on any atom is -0.273 e. The molecule has 84 valence electrons. The van der Waals surface area contributed by atoms with Crippen molar-refractivity contribution < 1.29 is 4.79 Å². The molecule has 5 heteroatoms. The van der Waals surface area contributed by atoms with Gasteiger partial charge in [-0.15, -0.1) is 0 Å². The zero-order chi connectivity index (χ0) is 11.5. The van der Waals surface area contributed by atoms with Crippen LogP contribution < -0.4 is 5.43 Å². The molecule has 0 radical (unpaired) electrons. The second-order valence-corrected chi connectivity index (χ2v) is 4.20. The summed E-state index contributed by atoms with van der Waals surface area (Å²) in [5.41, 5.74) is 4.11. The summed E-state index contributed by atoms with van der Waals surface area (Å²) in [6.45, 7) is 1.82. The Bertz CT molecular complexity index is 423. The maximum absolute atomic E-state index is 11.3. The number of amides is 1. The average molecular weight is 238 g/mol. The molecule has 0 spiro atoms. The number of halogens is 1. The molecule has 1 aliphatic carbocycles. The van der Waals surface area contributed by atoms with Crippen LogP contribution in [0.1, 0.15) is 25.3 Å². The van der Waals surface area contributed by atoms with Crippen molar-refractivity contribution in [2.24, 2.45) is 11.0 Å². The van der Waals surface area contributed by atoms with Crippen molar-refractivity contribution in [3.8, 4) is 0 Å². The van der Waals surface area contributed by atoms with Crippen LogP contribution in [0.5, 0.6) is 0 Å². The van der Waals surface area contributed by atoms with Gasteiger partial charge in [0.15, 0.2) is 0 Å². The van der Waals surface area contributed by atoms with Gasteiger partial charge in [0.2, 0.25) is 5.91 Å². The second kappa shape index (κ2) is 4.61. The monoisotopic (exact) mass is 237 g/mol. The Balaban J connectivity index is 2.00. The Morgan fingerprint density at radius 3 is 2.88 bits per heavy atom. The Labute approximate surface area is 98.7 Å². The van der Waals surface area contributed by atoms with Gasteiger partial charge in [-0.3, -0.25) is 4.79 Å². The van der Waals surface area contributed by atoms with E-state index < -0.39 is 0 Å². The third-order valence-corrected chi connectivity index (χ3v) is 2.65. The Morgan fingerprint density at radius 1 is 1.56 bits per heavy atom. The molecule has 1 saturated carbocycles. The van der Waals surface area contributed by atoms with Crippen molar-refractivity contribution in [2.45, 2.75) is 19.8 Å². The zero-order valence-electron chi connectivity index (χ0n) is 8.90. The number of nitrogens with zero attached hydrogens (tertiary/aromatic N) is 2. The number of hydrogen-bond donors (Lipinski definition) is 1. The van der Waals surface area contributed by atoms with Crippen molar-refractivity contribution in [1.82, 2.24) is 10.4 Å². The summed E-state index contributed by atoms with van der Waals surface area (Å²) in [7, 11) is 0. The fraction of sp³-hybridized carbons (Fsp3) is 0.364. The molecule has 1 aliphatic rings. The molecule has 1 fully saturated rings.